The lowest BCUT2D eigenvalue weighted by Crippen LogP contribution is -2.29. The standard InChI is InChI=1S/C14H19Br2NO/c1-3-11(6-7-15)9-17-14(18)12-5-4-10(2)8-13(12)16/h4-5,8,11H,3,6-7,9H2,1-2H3,(H,17,18). The van der Waals surface area contributed by atoms with E-state index in [2.05, 4.69) is 44.1 Å². The van der Waals surface area contributed by atoms with E-state index < -0.39 is 0 Å². The van der Waals surface area contributed by atoms with Crippen LogP contribution in [0.3, 0.4) is 0 Å². The van der Waals surface area contributed by atoms with Gasteiger partial charge in [-0.15, -0.1) is 0 Å². The number of alkyl halides is 1. The summed E-state index contributed by atoms with van der Waals surface area (Å²) >= 11 is 6.88. The van der Waals surface area contributed by atoms with Gasteiger partial charge >= 0.3 is 0 Å². The fraction of sp³-hybridized carbons (Fsp3) is 0.500. The van der Waals surface area contributed by atoms with Crippen molar-refractivity contribution in [3.63, 3.8) is 0 Å². The van der Waals surface area contributed by atoms with Gasteiger partial charge in [-0.3, -0.25) is 4.79 Å². The van der Waals surface area contributed by atoms with Crippen LogP contribution in [0.5, 0.6) is 0 Å². The first-order chi connectivity index (χ1) is 8.58. The Kier molecular flexibility index (Phi) is 6.94. The van der Waals surface area contributed by atoms with Crippen molar-refractivity contribution in [3.8, 4) is 0 Å². The molecule has 0 spiro atoms. The second-order valence-corrected chi connectivity index (χ2v) is 6.09. The molecule has 1 aromatic carbocycles. The molecule has 1 aromatic rings. The lowest BCUT2D eigenvalue weighted by Gasteiger charge is -2.14. The molecule has 0 radical (unpaired) electrons. The molecule has 0 aliphatic heterocycles. The number of carbonyl (C=O) groups is 1. The quantitative estimate of drug-likeness (QED) is 0.737. The average Bonchev–Trinajstić information content (AvgIpc) is 2.34. The first kappa shape index (κ1) is 15.7. The minimum Gasteiger partial charge on any atom is -0.352 e. The molecular formula is C14H19Br2NO. The summed E-state index contributed by atoms with van der Waals surface area (Å²) in [5.74, 6) is 0.535. The summed E-state index contributed by atoms with van der Waals surface area (Å²) in [6.07, 6.45) is 2.17. The minimum atomic E-state index is -0.00472. The van der Waals surface area contributed by atoms with E-state index in [4.69, 9.17) is 0 Å². The molecule has 2 nitrogen and oxygen atoms in total. The van der Waals surface area contributed by atoms with E-state index in [1.807, 2.05) is 25.1 Å². The Balaban J connectivity index is 2.59. The summed E-state index contributed by atoms with van der Waals surface area (Å²) in [5.41, 5.74) is 1.85. The molecule has 0 bridgehead atoms. The van der Waals surface area contributed by atoms with Crippen LogP contribution in [-0.2, 0) is 0 Å². The highest BCUT2D eigenvalue weighted by atomic mass is 79.9. The van der Waals surface area contributed by atoms with Gasteiger partial charge in [-0.25, -0.2) is 0 Å². The van der Waals surface area contributed by atoms with Crippen LogP contribution in [0, 0.1) is 12.8 Å². The average molecular weight is 377 g/mol. The van der Waals surface area contributed by atoms with Gasteiger partial charge in [0.1, 0.15) is 0 Å². The largest absolute Gasteiger partial charge is 0.352 e. The highest BCUT2D eigenvalue weighted by molar-refractivity contribution is 9.10. The van der Waals surface area contributed by atoms with Gasteiger partial charge in [0.2, 0.25) is 0 Å². The van der Waals surface area contributed by atoms with E-state index in [1.54, 1.807) is 0 Å². The van der Waals surface area contributed by atoms with Gasteiger partial charge in [-0.2, -0.15) is 0 Å². The molecule has 18 heavy (non-hydrogen) atoms. The number of hydrogen-bond acceptors (Lipinski definition) is 1. The lowest BCUT2D eigenvalue weighted by atomic mass is 10.0. The number of amides is 1. The first-order valence-corrected chi connectivity index (χ1v) is 8.10. The third-order valence-electron chi connectivity index (χ3n) is 3.02. The van der Waals surface area contributed by atoms with Crippen molar-refractivity contribution in [1.29, 1.82) is 0 Å². The second-order valence-electron chi connectivity index (χ2n) is 4.45. The lowest BCUT2D eigenvalue weighted by molar-refractivity contribution is 0.0945. The van der Waals surface area contributed by atoms with Gasteiger partial charge < -0.3 is 5.32 Å². The third-order valence-corrected chi connectivity index (χ3v) is 4.13. The second kappa shape index (κ2) is 7.95. The number of halogens is 2. The van der Waals surface area contributed by atoms with Gasteiger partial charge in [0.15, 0.2) is 0 Å². The minimum absolute atomic E-state index is 0.00472. The molecule has 0 saturated carbocycles. The highest BCUT2D eigenvalue weighted by Crippen LogP contribution is 2.18. The number of carbonyl (C=O) groups excluding carboxylic acids is 1. The van der Waals surface area contributed by atoms with Crippen LogP contribution in [0.4, 0.5) is 0 Å². The van der Waals surface area contributed by atoms with Crippen LogP contribution >= 0.6 is 31.9 Å². The van der Waals surface area contributed by atoms with E-state index in [0.717, 1.165) is 34.8 Å². The fourth-order valence-corrected chi connectivity index (χ4v) is 3.06. The third kappa shape index (κ3) is 4.73. The highest BCUT2D eigenvalue weighted by Gasteiger charge is 2.12. The molecule has 1 amide bonds. The predicted molar refractivity (Wildman–Crippen MR) is 83.4 cm³/mol. The monoisotopic (exact) mass is 375 g/mol. The van der Waals surface area contributed by atoms with E-state index in [9.17, 15) is 4.79 Å². The molecule has 100 valence electrons. The number of benzene rings is 1. The van der Waals surface area contributed by atoms with Crippen LogP contribution in [0.25, 0.3) is 0 Å². The Hall–Kier alpha value is -0.350. The molecule has 1 unspecified atom stereocenters. The van der Waals surface area contributed by atoms with Gasteiger partial charge in [0.25, 0.3) is 5.91 Å². The SMILES string of the molecule is CCC(CCBr)CNC(=O)c1ccc(C)cc1Br. The van der Waals surface area contributed by atoms with Crippen molar-refractivity contribution in [3.05, 3.63) is 33.8 Å². The number of aryl methyl sites for hydroxylation is 1. The van der Waals surface area contributed by atoms with Crippen molar-refractivity contribution in [2.24, 2.45) is 5.92 Å². The Morgan fingerprint density at radius 1 is 1.44 bits per heavy atom. The maximum atomic E-state index is 12.0. The molecule has 0 saturated heterocycles. The van der Waals surface area contributed by atoms with Gasteiger partial charge in [0.05, 0.1) is 5.56 Å². The van der Waals surface area contributed by atoms with Crippen LogP contribution in [0.15, 0.2) is 22.7 Å². The number of hydrogen-bond donors (Lipinski definition) is 1. The summed E-state index contributed by atoms with van der Waals surface area (Å²) in [7, 11) is 0. The molecule has 1 N–H and O–H groups in total. The summed E-state index contributed by atoms with van der Waals surface area (Å²) in [5, 5.41) is 3.99. The zero-order chi connectivity index (χ0) is 13.5. The van der Waals surface area contributed by atoms with E-state index in [-0.39, 0.29) is 5.91 Å². The number of rotatable bonds is 6. The Morgan fingerprint density at radius 2 is 2.17 bits per heavy atom. The normalized spacial score (nSPS) is 12.2. The zero-order valence-corrected chi connectivity index (χ0v) is 14.0. The Morgan fingerprint density at radius 3 is 2.72 bits per heavy atom. The van der Waals surface area contributed by atoms with Gasteiger partial charge in [0, 0.05) is 16.3 Å². The van der Waals surface area contributed by atoms with Crippen molar-refractivity contribution in [1.82, 2.24) is 5.32 Å². The Labute approximate surface area is 126 Å². The Bertz CT molecular complexity index is 407. The molecular weight excluding hydrogens is 358 g/mol. The van der Waals surface area contributed by atoms with Crippen molar-refractivity contribution >= 4 is 37.8 Å². The molecule has 0 heterocycles. The molecule has 1 rings (SSSR count). The smallest absolute Gasteiger partial charge is 0.252 e. The maximum absolute atomic E-state index is 12.0. The van der Waals surface area contributed by atoms with Crippen LogP contribution in [0.1, 0.15) is 35.7 Å². The molecule has 0 fully saturated rings. The van der Waals surface area contributed by atoms with Crippen molar-refractivity contribution < 1.29 is 4.79 Å². The topological polar surface area (TPSA) is 29.1 Å². The van der Waals surface area contributed by atoms with Crippen molar-refractivity contribution in [2.75, 3.05) is 11.9 Å². The number of nitrogens with one attached hydrogen (secondary N) is 1. The molecule has 0 aromatic heterocycles. The van der Waals surface area contributed by atoms with E-state index in [0.29, 0.717) is 11.5 Å². The van der Waals surface area contributed by atoms with Crippen LogP contribution in [-0.4, -0.2) is 17.8 Å². The van der Waals surface area contributed by atoms with Crippen LogP contribution in [0.2, 0.25) is 0 Å². The summed E-state index contributed by atoms with van der Waals surface area (Å²) < 4.78 is 0.855. The first-order valence-electron chi connectivity index (χ1n) is 6.18. The molecule has 4 heteroatoms. The molecule has 0 aliphatic carbocycles. The maximum Gasteiger partial charge on any atom is 0.252 e. The predicted octanol–water partition coefficient (Wildman–Crippen LogP) is 4.30. The van der Waals surface area contributed by atoms with Crippen LogP contribution < -0.4 is 5.32 Å². The molecule has 0 aliphatic rings. The van der Waals surface area contributed by atoms with Gasteiger partial charge in [-0.05, 0) is 52.9 Å². The van der Waals surface area contributed by atoms with E-state index in [1.165, 1.54) is 0 Å². The zero-order valence-electron chi connectivity index (χ0n) is 10.8. The molecule has 1 atom stereocenters. The van der Waals surface area contributed by atoms with Crippen molar-refractivity contribution in [2.45, 2.75) is 26.7 Å². The summed E-state index contributed by atoms with van der Waals surface area (Å²) in [6, 6.07) is 5.78. The summed E-state index contributed by atoms with van der Waals surface area (Å²) in [4.78, 5) is 12.0. The summed E-state index contributed by atoms with van der Waals surface area (Å²) in [6.45, 7) is 4.90. The fourth-order valence-electron chi connectivity index (χ4n) is 1.74. The van der Waals surface area contributed by atoms with E-state index >= 15 is 0 Å². The van der Waals surface area contributed by atoms with Gasteiger partial charge in [-0.1, -0.05) is 35.3 Å².